The summed E-state index contributed by atoms with van der Waals surface area (Å²) in [5.41, 5.74) is 0. The maximum Gasteiger partial charge on any atom is 0.406 e. The molecule has 5 nitrogen and oxygen atoms in total. The minimum atomic E-state index is -4.42. The Bertz CT molecular complexity index is 334. The highest BCUT2D eigenvalue weighted by molar-refractivity contribution is 5.74. The number of amides is 2. The highest BCUT2D eigenvalue weighted by Crippen LogP contribution is 2.15. The summed E-state index contributed by atoms with van der Waals surface area (Å²) in [5, 5.41) is 11.1. The van der Waals surface area contributed by atoms with E-state index in [4.69, 9.17) is 5.11 Å². The predicted octanol–water partition coefficient (Wildman–Crippen LogP) is 2.47. The third-order valence-corrected chi connectivity index (χ3v) is 2.83. The molecule has 0 radical (unpaired) electrons. The number of hydrogen-bond donors (Lipinski definition) is 2. The first-order valence-electron chi connectivity index (χ1n) is 6.34. The first-order chi connectivity index (χ1) is 9.03. The zero-order chi connectivity index (χ0) is 15.9. The molecule has 2 N–H and O–H groups in total. The minimum absolute atomic E-state index is 0.306. The number of urea groups is 1. The van der Waals surface area contributed by atoms with Crippen molar-refractivity contribution < 1.29 is 27.9 Å². The first kappa shape index (κ1) is 18.5. The van der Waals surface area contributed by atoms with Crippen LogP contribution in [0.25, 0.3) is 0 Å². The lowest BCUT2D eigenvalue weighted by molar-refractivity contribution is -0.141. The molecule has 0 aromatic rings. The van der Waals surface area contributed by atoms with Crippen LogP contribution < -0.4 is 5.32 Å². The Labute approximate surface area is 116 Å². The van der Waals surface area contributed by atoms with Crippen LogP contribution in [0.15, 0.2) is 0 Å². The van der Waals surface area contributed by atoms with E-state index in [1.54, 1.807) is 13.8 Å². The fourth-order valence-electron chi connectivity index (χ4n) is 1.59. The number of halogens is 3. The first-order valence-corrected chi connectivity index (χ1v) is 6.34. The number of aliphatic carboxylic acids is 1. The number of carboxylic acids is 1. The summed E-state index contributed by atoms with van der Waals surface area (Å²) in [7, 11) is 1.07. The fraction of sp³-hybridized carbons (Fsp3) is 0.833. The van der Waals surface area contributed by atoms with Crippen molar-refractivity contribution in [1.82, 2.24) is 10.2 Å². The van der Waals surface area contributed by atoms with Gasteiger partial charge in [0.2, 0.25) is 0 Å². The van der Waals surface area contributed by atoms with E-state index in [9.17, 15) is 22.8 Å². The molecule has 0 heterocycles. The molecule has 0 spiro atoms. The van der Waals surface area contributed by atoms with E-state index in [0.29, 0.717) is 24.2 Å². The van der Waals surface area contributed by atoms with Gasteiger partial charge in [-0.3, -0.25) is 4.79 Å². The predicted molar refractivity (Wildman–Crippen MR) is 67.3 cm³/mol. The van der Waals surface area contributed by atoms with Gasteiger partial charge in [0, 0.05) is 13.1 Å². The Balaban J connectivity index is 3.99. The summed E-state index contributed by atoms with van der Waals surface area (Å²) in [6.45, 7) is 1.95. The van der Waals surface area contributed by atoms with Gasteiger partial charge in [-0.15, -0.1) is 0 Å². The van der Waals surface area contributed by atoms with Crippen molar-refractivity contribution in [3.05, 3.63) is 0 Å². The Morgan fingerprint density at radius 1 is 1.25 bits per heavy atom. The Kier molecular flexibility index (Phi) is 7.38. The Hall–Kier alpha value is -1.47. The largest absolute Gasteiger partial charge is 0.481 e. The van der Waals surface area contributed by atoms with Crippen LogP contribution in [0.5, 0.6) is 0 Å². The number of carbonyl (C=O) groups is 2. The van der Waals surface area contributed by atoms with Crippen molar-refractivity contribution >= 4 is 12.0 Å². The van der Waals surface area contributed by atoms with Crippen molar-refractivity contribution in [3.63, 3.8) is 0 Å². The summed E-state index contributed by atoms with van der Waals surface area (Å²) >= 11 is 0. The van der Waals surface area contributed by atoms with E-state index in [1.165, 1.54) is 0 Å². The summed E-state index contributed by atoms with van der Waals surface area (Å²) in [5.74, 6) is -1.35. The molecule has 0 saturated heterocycles. The number of nitrogens with one attached hydrogen (secondary N) is 1. The van der Waals surface area contributed by atoms with Gasteiger partial charge in [0.25, 0.3) is 0 Å². The second-order valence-corrected chi connectivity index (χ2v) is 4.99. The van der Waals surface area contributed by atoms with E-state index in [1.807, 2.05) is 0 Å². The molecule has 0 aromatic heterocycles. The highest BCUT2D eigenvalue weighted by atomic mass is 19.4. The van der Waals surface area contributed by atoms with E-state index in [2.05, 4.69) is 5.32 Å². The molecule has 2 unspecified atom stereocenters. The average Bonchev–Trinajstić information content (AvgIpc) is 2.26. The second-order valence-electron chi connectivity index (χ2n) is 4.99. The van der Waals surface area contributed by atoms with Gasteiger partial charge in [-0.25, -0.2) is 4.79 Å². The van der Waals surface area contributed by atoms with Gasteiger partial charge in [-0.05, 0) is 19.8 Å². The summed E-state index contributed by atoms with van der Waals surface area (Å²) in [6.07, 6.45) is -2.86. The van der Waals surface area contributed by atoms with Crippen molar-refractivity contribution in [2.75, 3.05) is 13.6 Å². The van der Waals surface area contributed by atoms with Crippen LogP contribution in [0.3, 0.4) is 0 Å². The van der Waals surface area contributed by atoms with E-state index in [0.717, 1.165) is 7.05 Å². The molecule has 0 aliphatic carbocycles. The SMILES string of the molecule is CC(CCCC(C)C(=O)O)NC(=O)N(C)CC(F)(F)F. The molecule has 0 aliphatic rings. The summed E-state index contributed by atoms with van der Waals surface area (Å²) in [6, 6.07) is -1.10. The van der Waals surface area contributed by atoms with Crippen LogP contribution in [0.1, 0.15) is 33.1 Å². The molecule has 0 aliphatic heterocycles. The highest BCUT2D eigenvalue weighted by Gasteiger charge is 2.31. The van der Waals surface area contributed by atoms with Crippen LogP contribution in [-0.2, 0) is 4.79 Å². The molecule has 0 fully saturated rings. The maximum absolute atomic E-state index is 12.1. The lowest BCUT2D eigenvalue weighted by atomic mass is 10.0. The van der Waals surface area contributed by atoms with Gasteiger partial charge < -0.3 is 15.3 Å². The smallest absolute Gasteiger partial charge is 0.406 e. The molecule has 0 saturated carbocycles. The average molecular weight is 298 g/mol. The molecule has 20 heavy (non-hydrogen) atoms. The van der Waals surface area contributed by atoms with Crippen LogP contribution in [-0.4, -0.2) is 47.8 Å². The van der Waals surface area contributed by atoms with Crippen molar-refractivity contribution in [1.29, 1.82) is 0 Å². The number of rotatable bonds is 7. The number of carbonyl (C=O) groups excluding carboxylic acids is 1. The standard InChI is InChI=1S/C12H21F3N2O3/c1-8(10(18)19)5-4-6-9(2)16-11(20)17(3)7-12(13,14)15/h8-9H,4-7H2,1-3H3,(H,16,20)(H,18,19). The number of hydrogen-bond acceptors (Lipinski definition) is 2. The van der Waals surface area contributed by atoms with Crippen molar-refractivity contribution in [2.45, 2.75) is 45.3 Å². The number of nitrogens with zero attached hydrogens (tertiary/aromatic N) is 1. The molecular weight excluding hydrogens is 277 g/mol. The Morgan fingerprint density at radius 3 is 2.25 bits per heavy atom. The van der Waals surface area contributed by atoms with Gasteiger partial charge >= 0.3 is 18.2 Å². The number of carboxylic acid groups (broad SMARTS) is 1. The van der Waals surface area contributed by atoms with Crippen molar-refractivity contribution in [2.24, 2.45) is 5.92 Å². The quantitative estimate of drug-likeness (QED) is 0.758. The zero-order valence-electron chi connectivity index (χ0n) is 11.8. The van der Waals surface area contributed by atoms with Gasteiger partial charge in [0.1, 0.15) is 6.54 Å². The third kappa shape index (κ3) is 8.60. The van der Waals surface area contributed by atoms with E-state index >= 15 is 0 Å². The molecule has 8 heteroatoms. The van der Waals surface area contributed by atoms with Crippen LogP contribution in [0.2, 0.25) is 0 Å². The molecule has 118 valence electrons. The zero-order valence-corrected chi connectivity index (χ0v) is 11.8. The fourth-order valence-corrected chi connectivity index (χ4v) is 1.59. The van der Waals surface area contributed by atoms with E-state index < -0.39 is 30.6 Å². The summed E-state index contributed by atoms with van der Waals surface area (Å²) in [4.78, 5) is 22.6. The lowest BCUT2D eigenvalue weighted by Crippen LogP contribution is -2.45. The maximum atomic E-state index is 12.1. The molecule has 2 atom stereocenters. The number of alkyl halides is 3. The second kappa shape index (κ2) is 7.96. The molecule has 0 aromatic carbocycles. The van der Waals surface area contributed by atoms with Crippen LogP contribution >= 0.6 is 0 Å². The molecule has 2 amide bonds. The van der Waals surface area contributed by atoms with Gasteiger partial charge in [-0.2, -0.15) is 13.2 Å². The normalized spacial score (nSPS) is 14.5. The Morgan fingerprint density at radius 2 is 1.80 bits per heavy atom. The summed E-state index contributed by atoms with van der Waals surface area (Å²) < 4.78 is 36.3. The van der Waals surface area contributed by atoms with Crippen LogP contribution in [0.4, 0.5) is 18.0 Å². The van der Waals surface area contributed by atoms with E-state index in [-0.39, 0.29) is 6.04 Å². The van der Waals surface area contributed by atoms with Gasteiger partial charge in [-0.1, -0.05) is 13.3 Å². The van der Waals surface area contributed by atoms with Crippen LogP contribution in [0, 0.1) is 5.92 Å². The molecule has 0 bridgehead atoms. The third-order valence-electron chi connectivity index (χ3n) is 2.83. The minimum Gasteiger partial charge on any atom is -0.481 e. The van der Waals surface area contributed by atoms with Gasteiger partial charge in [0.05, 0.1) is 5.92 Å². The molecule has 0 rings (SSSR count). The monoisotopic (exact) mass is 298 g/mol. The topological polar surface area (TPSA) is 69.6 Å². The lowest BCUT2D eigenvalue weighted by Gasteiger charge is -2.22. The molecular formula is C12H21F3N2O3. The van der Waals surface area contributed by atoms with Crippen molar-refractivity contribution in [3.8, 4) is 0 Å². The van der Waals surface area contributed by atoms with Gasteiger partial charge in [0.15, 0.2) is 0 Å².